The number of fused-ring (bicyclic) bond motifs is 1. The molecule has 1 heterocycles. The van der Waals surface area contributed by atoms with Gasteiger partial charge in [-0.15, -0.1) is 0 Å². The number of esters is 1. The Labute approximate surface area is 250 Å². The standard InChI is InChI=1S/C22H18I4N2O6/c1-9(2)19(22(32)34-8-12(29)27-10-6-4-5-7-11(10)33-3)28-20(30)13-14(21(28)31)16(24)18(26)17(25)15(13)23/h4-7,9,19H,8H2,1-3H3,(H,27,29). The summed E-state index contributed by atoms with van der Waals surface area (Å²) in [5.41, 5.74) is 1.03. The lowest BCUT2D eigenvalue weighted by Crippen LogP contribution is -2.49. The summed E-state index contributed by atoms with van der Waals surface area (Å²) in [6.07, 6.45) is 0. The molecule has 3 rings (SSSR count). The number of rotatable bonds is 7. The summed E-state index contributed by atoms with van der Waals surface area (Å²) in [5, 5.41) is 2.62. The van der Waals surface area contributed by atoms with Crippen molar-refractivity contribution in [2.24, 2.45) is 5.92 Å². The molecule has 1 N–H and O–H groups in total. The van der Waals surface area contributed by atoms with E-state index in [2.05, 4.69) is 95.7 Å². The molecule has 12 heteroatoms. The number of para-hydroxylation sites is 2. The van der Waals surface area contributed by atoms with E-state index in [0.29, 0.717) is 29.7 Å². The summed E-state index contributed by atoms with van der Waals surface area (Å²) >= 11 is 8.39. The number of hydrogen-bond acceptors (Lipinski definition) is 6. The molecule has 34 heavy (non-hydrogen) atoms. The van der Waals surface area contributed by atoms with Gasteiger partial charge in [-0.25, -0.2) is 4.79 Å². The Morgan fingerprint density at radius 2 is 1.47 bits per heavy atom. The molecular weight excluding hydrogens is 896 g/mol. The molecule has 1 aliphatic rings. The monoisotopic (exact) mass is 914 g/mol. The van der Waals surface area contributed by atoms with E-state index in [9.17, 15) is 19.2 Å². The van der Waals surface area contributed by atoms with Crippen molar-refractivity contribution >= 4 is 120 Å². The minimum absolute atomic E-state index is 0.298. The molecular formula is C22H18I4N2O6. The fourth-order valence-electron chi connectivity index (χ4n) is 3.45. The Morgan fingerprint density at radius 3 is 1.97 bits per heavy atom. The van der Waals surface area contributed by atoms with E-state index < -0.39 is 42.3 Å². The van der Waals surface area contributed by atoms with Crippen LogP contribution in [-0.4, -0.2) is 48.3 Å². The maximum atomic E-state index is 13.3. The van der Waals surface area contributed by atoms with Crippen molar-refractivity contribution in [3.8, 4) is 5.75 Å². The Morgan fingerprint density at radius 1 is 0.941 bits per heavy atom. The van der Waals surface area contributed by atoms with E-state index in [1.807, 2.05) is 0 Å². The molecule has 0 saturated carbocycles. The van der Waals surface area contributed by atoms with Crippen LogP contribution in [0.5, 0.6) is 5.75 Å². The number of carbonyl (C=O) groups excluding carboxylic acids is 4. The number of halogens is 4. The maximum Gasteiger partial charge on any atom is 0.330 e. The Balaban J connectivity index is 1.81. The van der Waals surface area contributed by atoms with Crippen LogP contribution < -0.4 is 10.1 Å². The molecule has 1 atom stereocenters. The Kier molecular flexibility index (Phi) is 9.43. The molecule has 2 aromatic rings. The van der Waals surface area contributed by atoms with Gasteiger partial charge >= 0.3 is 5.97 Å². The molecule has 0 bridgehead atoms. The van der Waals surface area contributed by atoms with Gasteiger partial charge in [0.1, 0.15) is 11.8 Å². The van der Waals surface area contributed by atoms with Crippen LogP contribution in [-0.2, 0) is 14.3 Å². The fraction of sp³-hybridized carbons (Fsp3) is 0.273. The maximum absolute atomic E-state index is 13.3. The number of nitrogens with zero attached hydrogens (tertiary/aromatic N) is 1. The van der Waals surface area contributed by atoms with Gasteiger partial charge in [0.05, 0.1) is 23.9 Å². The number of imide groups is 1. The fourth-order valence-corrected chi connectivity index (χ4v) is 7.10. The van der Waals surface area contributed by atoms with Gasteiger partial charge in [0.25, 0.3) is 17.7 Å². The molecule has 0 fully saturated rings. The summed E-state index contributed by atoms with van der Waals surface area (Å²) in [6, 6.07) is 5.65. The van der Waals surface area contributed by atoms with Gasteiger partial charge in [0.2, 0.25) is 0 Å². The van der Waals surface area contributed by atoms with Crippen molar-refractivity contribution in [1.82, 2.24) is 4.90 Å². The number of benzene rings is 2. The lowest BCUT2D eigenvalue weighted by Gasteiger charge is -2.27. The van der Waals surface area contributed by atoms with E-state index in [1.165, 1.54) is 7.11 Å². The average molecular weight is 914 g/mol. The van der Waals surface area contributed by atoms with Crippen molar-refractivity contribution in [3.05, 3.63) is 49.7 Å². The third kappa shape index (κ3) is 5.33. The second-order valence-electron chi connectivity index (χ2n) is 7.53. The van der Waals surface area contributed by atoms with Gasteiger partial charge < -0.3 is 14.8 Å². The molecule has 1 aliphatic heterocycles. The SMILES string of the molecule is COc1ccccc1NC(=O)COC(=O)C(C(C)C)N1C(=O)c2c(I)c(I)c(I)c(I)c2C1=O. The first-order chi connectivity index (χ1) is 16.0. The highest BCUT2D eigenvalue weighted by Crippen LogP contribution is 2.39. The van der Waals surface area contributed by atoms with Gasteiger partial charge in [-0.05, 0) is 108 Å². The number of carbonyl (C=O) groups is 4. The third-order valence-corrected chi connectivity index (χ3v) is 12.4. The van der Waals surface area contributed by atoms with Crippen molar-refractivity contribution < 1.29 is 28.7 Å². The van der Waals surface area contributed by atoms with Crippen LogP contribution in [0.1, 0.15) is 34.6 Å². The normalized spacial score (nSPS) is 13.7. The summed E-state index contributed by atoms with van der Waals surface area (Å²) in [6.45, 7) is 2.86. The number of anilines is 1. The smallest absolute Gasteiger partial charge is 0.330 e. The van der Waals surface area contributed by atoms with Crippen LogP contribution >= 0.6 is 90.4 Å². The van der Waals surface area contributed by atoms with Crippen molar-refractivity contribution in [2.75, 3.05) is 19.0 Å². The molecule has 0 saturated heterocycles. The van der Waals surface area contributed by atoms with Crippen molar-refractivity contribution in [2.45, 2.75) is 19.9 Å². The van der Waals surface area contributed by atoms with Crippen molar-refractivity contribution in [1.29, 1.82) is 0 Å². The van der Waals surface area contributed by atoms with Crippen LogP contribution in [0.2, 0.25) is 0 Å². The zero-order chi connectivity index (χ0) is 25.3. The summed E-state index contributed by atoms with van der Waals surface area (Å²) in [7, 11) is 1.48. The molecule has 180 valence electrons. The van der Waals surface area contributed by atoms with Gasteiger partial charge in [-0.2, -0.15) is 0 Å². The van der Waals surface area contributed by atoms with E-state index in [4.69, 9.17) is 9.47 Å². The first kappa shape index (κ1) is 27.8. The predicted octanol–water partition coefficient (Wildman–Crippen LogP) is 4.92. The highest BCUT2D eigenvalue weighted by Gasteiger charge is 2.47. The summed E-state index contributed by atoms with van der Waals surface area (Å²) in [5.74, 6) is -2.44. The first-order valence-corrected chi connectivity index (χ1v) is 14.2. The number of hydrogen-bond donors (Lipinski definition) is 1. The quantitative estimate of drug-likeness (QED) is 0.139. The largest absolute Gasteiger partial charge is 0.495 e. The van der Waals surface area contributed by atoms with Crippen LogP contribution in [0.4, 0.5) is 5.69 Å². The molecule has 8 nitrogen and oxygen atoms in total. The predicted molar refractivity (Wildman–Crippen MR) is 159 cm³/mol. The van der Waals surface area contributed by atoms with Crippen LogP contribution in [0.15, 0.2) is 24.3 Å². The Bertz CT molecular complexity index is 1150. The molecule has 0 radical (unpaired) electrons. The molecule has 1 unspecified atom stereocenters. The van der Waals surface area contributed by atoms with Crippen molar-refractivity contribution in [3.63, 3.8) is 0 Å². The van der Waals surface area contributed by atoms with Gasteiger partial charge in [-0.3, -0.25) is 19.3 Å². The lowest BCUT2D eigenvalue weighted by molar-refractivity contribution is -0.152. The molecule has 3 amide bonds. The highest BCUT2D eigenvalue weighted by molar-refractivity contribution is 14.1. The van der Waals surface area contributed by atoms with Crippen LogP contribution in [0, 0.1) is 20.2 Å². The summed E-state index contributed by atoms with van der Waals surface area (Å²) < 4.78 is 13.5. The number of nitrogens with one attached hydrogen (secondary N) is 1. The molecule has 0 aliphatic carbocycles. The minimum atomic E-state index is -1.17. The zero-order valence-electron chi connectivity index (χ0n) is 18.1. The summed E-state index contributed by atoms with van der Waals surface area (Å²) in [4.78, 5) is 53.0. The van der Waals surface area contributed by atoms with E-state index in [0.717, 1.165) is 12.0 Å². The Hall–Kier alpha value is -0.760. The first-order valence-electron chi connectivity index (χ1n) is 9.84. The van der Waals surface area contributed by atoms with Gasteiger partial charge in [0, 0.05) is 14.3 Å². The number of ether oxygens (including phenoxy) is 2. The second-order valence-corrected chi connectivity index (χ2v) is 11.8. The van der Waals surface area contributed by atoms with E-state index >= 15 is 0 Å². The second kappa shape index (κ2) is 11.5. The number of methoxy groups -OCH3 is 1. The molecule has 2 aromatic carbocycles. The topological polar surface area (TPSA) is 102 Å². The highest BCUT2D eigenvalue weighted by atomic mass is 127. The zero-order valence-corrected chi connectivity index (χ0v) is 26.7. The minimum Gasteiger partial charge on any atom is -0.495 e. The lowest BCUT2D eigenvalue weighted by atomic mass is 10.0. The van der Waals surface area contributed by atoms with Crippen LogP contribution in [0.3, 0.4) is 0 Å². The molecule has 0 aromatic heterocycles. The van der Waals surface area contributed by atoms with Crippen LogP contribution in [0.25, 0.3) is 0 Å². The van der Waals surface area contributed by atoms with Gasteiger partial charge in [0.15, 0.2) is 6.61 Å². The van der Waals surface area contributed by atoms with Gasteiger partial charge in [-0.1, -0.05) is 26.0 Å². The van der Waals surface area contributed by atoms with E-state index in [1.54, 1.807) is 38.1 Å². The number of amides is 3. The third-order valence-electron chi connectivity index (χ3n) is 5.01. The molecule has 0 spiro atoms. The average Bonchev–Trinajstić information content (AvgIpc) is 3.05. The van der Waals surface area contributed by atoms with E-state index in [-0.39, 0.29) is 0 Å².